The Morgan fingerprint density at radius 3 is 2.65 bits per heavy atom. The summed E-state index contributed by atoms with van der Waals surface area (Å²) in [6.07, 6.45) is 0. The van der Waals surface area contributed by atoms with Gasteiger partial charge in [-0.2, -0.15) is 0 Å². The van der Waals surface area contributed by atoms with Crippen LogP contribution in [0, 0.1) is 0 Å². The van der Waals surface area contributed by atoms with Gasteiger partial charge in [-0.15, -0.1) is 0 Å². The summed E-state index contributed by atoms with van der Waals surface area (Å²) in [5.41, 5.74) is 0.0326. The summed E-state index contributed by atoms with van der Waals surface area (Å²) in [5, 5.41) is 8.62. The molecular formula is C12H11NO6S. The number of benzene rings is 1. The molecule has 1 aliphatic heterocycles. The van der Waals surface area contributed by atoms with E-state index < -0.39 is 20.9 Å². The van der Waals surface area contributed by atoms with E-state index in [1.54, 1.807) is 24.3 Å². The van der Waals surface area contributed by atoms with Crippen molar-refractivity contribution >= 4 is 20.9 Å². The van der Waals surface area contributed by atoms with Crippen LogP contribution in [0.1, 0.15) is 0 Å². The van der Waals surface area contributed by atoms with E-state index >= 15 is 0 Å². The Morgan fingerprint density at radius 2 is 2.05 bits per heavy atom. The van der Waals surface area contributed by atoms with Crippen LogP contribution < -0.4 is 9.47 Å². The molecule has 7 nitrogen and oxygen atoms in total. The summed E-state index contributed by atoms with van der Waals surface area (Å²) in [6.45, 7) is -0.150. The minimum Gasteiger partial charge on any atom is -0.497 e. The molecule has 0 saturated heterocycles. The van der Waals surface area contributed by atoms with E-state index in [-0.39, 0.29) is 12.3 Å². The van der Waals surface area contributed by atoms with E-state index in [2.05, 4.69) is 4.99 Å². The van der Waals surface area contributed by atoms with Crippen LogP contribution >= 0.6 is 0 Å². The fourth-order valence-corrected chi connectivity index (χ4v) is 2.62. The minimum atomic E-state index is -3.97. The van der Waals surface area contributed by atoms with Crippen molar-refractivity contribution in [1.29, 1.82) is 0 Å². The lowest BCUT2D eigenvalue weighted by Gasteiger charge is -2.06. The number of sulfone groups is 1. The Balaban J connectivity index is 2.10. The van der Waals surface area contributed by atoms with Crippen LogP contribution in [0.15, 0.2) is 40.4 Å². The first-order valence-corrected chi connectivity index (χ1v) is 7.01. The minimum absolute atomic E-state index is 0.0326. The third-order valence-corrected chi connectivity index (χ3v) is 3.80. The monoisotopic (exact) mass is 297 g/mol. The highest BCUT2D eigenvalue weighted by atomic mass is 32.2. The second-order valence-corrected chi connectivity index (χ2v) is 5.56. The van der Waals surface area contributed by atoms with Gasteiger partial charge in [-0.1, -0.05) is 6.07 Å². The van der Waals surface area contributed by atoms with Gasteiger partial charge in [0.15, 0.2) is 0 Å². The number of hydrogen-bond acceptors (Lipinski definition) is 6. The van der Waals surface area contributed by atoms with Crippen LogP contribution in [0.3, 0.4) is 0 Å². The van der Waals surface area contributed by atoms with Crippen molar-refractivity contribution in [2.75, 3.05) is 13.7 Å². The zero-order chi connectivity index (χ0) is 14.8. The molecule has 1 heterocycles. The number of hydrogen-bond donors (Lipinski definition) is 1. The largest absolute Gasteiger partial charge is 0.497 e. The van der Waals surface area contributed by atoms with Crippen molar-refractivity contribution in [2.24, 2.45) is 4.99 Å². The van der Waals surface area contributed by atoms with Crippen LogP contribution in [0.2, 0.25) is 0 Å². The number of carboxylic acids is 1. The lowest BCUT2D eigenvalue weighted by molar-refractivity contribution is -0.129. The molecule has 0 aliphatic carbocycles. The Hall–Kier alpha value is -2.35. The zero-order valence-electron chi connectivity index (χ0n) is 10.4. The van der Waals surface area contributed by atoms with E-state index in [9.17, 15) is 13.2 Å². The lowest BCUT2D eigenvalue weighted by atomic mass is 10.3. The third-order valence-electron chi connectivity index (χ3n) is 2.42. The van der Waals surface area contributed by atoms with E-state index in [1.807, 2.05) is 0 Å². The number of carboxylic acid groups (broad SMARTS) is 1. The van der Waals surface area contributed by atoms with Crippen LogP contribution in [0.5, 0.6) is 11.5 Å². The molecule has 1 aromatic rings. The first-order valence-electron chi connectivity index (χ1n) is 5.47. The fraction of sp³-hybridized carbons (Fsp3) is 0.167. The predicted octanol–water partition coefficient (Wildman–Crippen LogP) is 0.827. The first-order chi connectivity index (χ1) is 9.42. The molecule has 20 heavy (non-hydrogen) atoms. The number of carbonyl (C=O) groups is 1. The molecule has 2 rings (SSSR count). The number of ether oxygens (including phenoxy) is 2. The average Bonchev–Trinajstić information content (AvgIpc) is 2.72. The topological polar surface area (TPSA) is 102 Å². The van der Waals surface area contributed by atoms with Gasteiger partial charge in [0.05, 0.1) is 18.2 Å². The maximum absolute atomic E-state index is 11.5. The summed E-state index contributed by atoms with van der Waals surface area (Å²) < 4.78 is 33.3. The maximum Gasteiger partial charge on any atom is 0.366 e. The highest BCUT2D eigenvalue weighted by molar-refractivity contribution is 8.11. The van der Waals surface area contributed by atoms with Gasteiger partial charge in [0.25, 0.3) is 0 Å². The molecular weight excluding hydrogens is 286 g/mol. The van der Waals surface area contributed by atoms with Gasteiger partial charge < -0.3 is 14.6 Å². The number of aliphatic carboxylic acids is 1. The average molecular weight is 297 g/mol. The second-order valence-electron chi connectivity index (χ2n) is 3.84. The fourth-order valence-electron chi connectivity index (χ4n) is 1.54. The van der Waals surface area contributed by atoms with Crippen LogP contribution in [-0.4, -0.2) is 38.3 Å². The molecule has 0 atom stereocenters. The Kier molecular flexibility index (Phi) is 3.75. The van der Waals surface area contributed by atoms with Gasteiger partial charge in [0.2, 0.25) is 14.9 Å². The SMILES string of the molecule is COc1cccc(OCC2=CS(=O)(=O)C(C(=O)O)=N2)c1. The number of methoxy groups -OCH3 is 1. The standard InChI is InChI=1S/C12H11NO6S/c1-18-9-3-2-4-10(5-9)19-6-8-7-20(16,17)11(13-8)12(14)15/h2-5,7H,6H2,1H3,(H,14,15). The van der Waals surface area contributed by atoms with E-state index in [0.717, 1.165) is 5.41 Å². The molecule has 0 amide bonds. The van der Waals surface area contributed by atoms with Crippen molar-refractivity contribution in [3.05, 3.63) is 35.4 Å². The van der Waals surface area contributed by atoms with Crippen molar-refractivity contribution in [3.63, 3.8) is 0 Å². The summed E-state index contributed by atoms with van der Waals surface area (Å²) in [4.78, 5) is 14.3. The second kappa shape index (κ2) is 5.33. The van der Waals surface area contributed by atoms with Crippen LogP contribution in [-0.2, 0) is 14.6 Å². The smallest absolute Gasteiger partial charge is 0.366 e. The van der Waals surface area contributed by atoms with Gasteiger partial charge in [0, 0.05) is 6.07 Å². The molecule has 0 saturated carbocycles. The van der Waals surface area contributed by atoms with Crippen LogP contribution in [0.4, 0.5) is 0 Å². The molecule has 1 aliphatic rings. The highest BCUT2D eigenvalue weighted by Crippen LogP contribution is 2.21. The van der Waals surface area contributed by atoms with Gasteiger partial charge in [-0.25, -0.2) is 18.2 Å². The number of aliphatic imine (C=N–C) groups is 1. The molecule has 0 radical (unpaired) electrons. The van der Waals surface area contributed by atoms with E-state index in [0.29, 0.717) is 11.5 Å². The normalized spacial score (nSPS) is 16.2. The maximum atomic E-state index is 11.5. The summed E-state index contributed by atoms with van der Waals surface area (Å²) in [7, 11) is -2.46. The van der Waals surface area contributed by atoms with E-state index in [4.69, 9.17) is 14.6 Å². The van der Waals surface area contributed by atoms with Gasteiger partial charge in [-0.3, -0.25) is 0 Å². The molecule has 0 unspecified atom stereocenters. The zero-order valence-corrected chi connectivity index (χ0v) is 11.3. The molecule has 1 aromatic carbocycles. The Morgan fingerprint density at radius 1 is 1.35 bits per heavy atom. The summed E-state index contributed by atoms with van der Waals surface area (Å²) in [5.74, 6) is -0.537. The lowest BCUT2D eigenvalue weighted by Crippen LogP contribution is -2.19. The first kappa shape index (κ1) is 14.1. The highest BCUT2D eigenvalue weighted by Gasteiger charge is 2.31. The molecule has 0 aromatic heterocycles. The molecule has 1 N–H and O–H groups in total. The molecule has 0 spiro atoms. The molecule has 0 fully saturated rings. The Labute approximate surface area is 115 Å². The Bertz CT molecular complexity index is 704. The summed E-state index contributed by atoms with van der Waals surface area (Å²) in [6, 6.07) is 6.72. The summed E-state index contributed by atoms with van der Waals surface area (Å²) >= 11 is 0. The van der Waals surface area contributed by atoms with E-state index in [1.165, 1.54) is 7.11 Å². The van der Waals surface area contributed by atoms with Gasteiger partial charge in [-0.05, 0) is 12.1 Å². The van der Waals surface area contributed by atoms with Crippen LogP contribution in [0.25, 0.3) is 0 Å². The van der Waals surface area contributed by atoms with Gasteiger partial charge in [0.1, 0.15) is 18.1 Å². The molecule has 8 heteroatoms. The molecule has 106 valence electrons. The third kappa shape index (κ3) is 2.97. The van der Waals surface area contributed by atoms with Crippen molar-refractivity contribution < 1.29 is 27.8 Å². The quantitative estimate of drug-likeness (QED) is 0.863. The van der Waals surface area contributed by atoms with Crippen molar-refractivity contribution in [2.45, 2.75) is 0 Å². The number of nitrogens with zero attached hydrogens (tertiary/aromatic N) is 1. The van der Waals surface area contributed by atoms with Gasteiger partial charge >= 0.3 is 5.97 Å². The van der Waals surface area contributed by atoms with Crippen molar-refractivity contribution in [3.8, 4) is 11.5 Å². The number of rotatable bonds is 5. The molecule has 0 bridgehead atoms. The predicted molar refractivity (Wildman–Crippen MR) is 70.6 cm³/mol. The van der Waals surface area contributed by atoms with Crippen molar-refractivity contribution in [1.82, 2.24) is 0 Å².